The molecule has 0 amide bonds. The van der Waals surface area contributed by atoms with Crippen LogP contribution in [0.1, 0.15) is 25.3 Å². The molecule has 3 atom stereocenters. The molecule has 0 N–H and O–H groups in total. The third-order valence-corrected chi connectivity index (χ3v) is 4.27. The van der Waals surface area contributed by atoms with Crippen LogP contribution in [0.15, 0.2) is 24.3 Å². The molecule has 16 heavy (non-hydrogen) atoms. The third kappa shape index (κ3) is 1.32. The molecule has 0 bridgehead atoms. The second-order valence-electron chi connectivity index (χ2n) is 5.39. The molecule has 86 valence electrons. The first-order valence-corrected chi connectivity index (χ1v) is 6.05. The highest BCUT2D eigenvalue weighted by atomic mass is 19.1. The quantitative estimate of drug-likeness (QED) is 0.706. The number of rotatable bonds is 1. The van der Waals surface area contributed by atoms with Crippen LogP contribution in [0.25, 0.3) is 0 Å². The van der Waals surface area contributed by atoms with Gasteiger partial charge in [-0.25, -0.2) is 4.39 Å². The van der Waals surface area contributed by atoms with E-state index in [0.717, 1.165) is 18.6 Å². The summed E-state index contributed by atoms with van der Waals surface area (Å²) in [6, 6.07) is 7.21. The average Bonchev–Trinajstić information content (AvgIpc) is 2.74. The SMILES string of the molecule is C[C@@H]1C[C@H]2COC[C@@]2(c2ccccc2F)C1. The van der Waals surface area contributed by atoms with Crippen molar-refractivity contribution in [1.82, 2.24) is 0 Å². The van der Waals surface area contributed by atoms with Gasteiger partial charge in [-0.3, -0.25) is 0 Å². The van der Waals surface area contributed by atoms with Crippen LogP contribution in [0.2, 0.25) is 0 Å². The summed E-state index contributed by atoms with van der Waals surface area (Å²) in [5.74, 6) is 1.14. The van der Waals surface area contributed by atoms with E-state index >= 15 is 0 Å². The molecular weight excluding hydrogens is 203 g/mol. The molecule has 1 saturated heterocycles. The van der Waals surface area contributed by atoms with Crippen molar-refractivity contribution in [3.63, 3.8) is 0 Å². The van der Waals surface area contributed by atoms with Gasteiger partial charge in [-0.1, -0.05) is 25.1 Å². The molecule has 2 fully saturated rings. The van der Waals surface area contributed by atoms with Gasteiger partial charge in [0.1, 0.15) is 5.82 Å². The number of benzene rings is 1. The Labute approximate surface area is 95.6 Å². The van der Waals surface area contributed by atoms with Crippen molar-refractivity contribution in [3.05, 3.63) is 35.6 Å². The number of fused-ring (bicyclic) bond motifs is 1. The molecule has 1 aromatic rings. The Bertz CT molecular complexity index is 403. The molecule has 0 aromatic heterocycles. The van der Waals surface area contributed by atoms with Crippen molar-refractivity contribution in [2.24, 2.45) is 11.8 Å². The summed E-state index contributed by atoms with van der Waals surface area (Å²) in [7, 11) is 0. The Kier molecular flexibility index (Phi) is 2.28. The van der Waals surface area contributed by atoms with Crippen molar-refractivity contribution in [2.75, 3.05) is 13.2 Å². The van der Waals surface area contributed by atoms with E-state index in [0.29, 0.717) is 18.4 Å². The second kappa shape index (κ2) is 3.56. The highest BCUT2D eigenvalue weighted by molar-refractivity contribution is 5.31. The maximum absolute atomic E-state index is 13.9. The maximum atomic E-state index is 13.9. The smallest absolute Gasteiger partial charge is 0.127 e. The summed E-state index contributed by atoms with van der Waals surface area (Å²) in [6.07, 6.45) is 2.24. The minimum absolute atomic E-state index is 0.0369. The molecule has 1 aliphatic carbocycles. The molecule has 0 unspecified atom stereocenters. The fraction of sp³-hybridized carbons (Fsp3) is 0.571. The standard InChI is InChI=1S/C14H17FO/c1-10-6-11-8-16-9-14(11,7-10)12-4-2-3-5-13(12)15/h2-5,10-11H,6-9H2,1H3/t10-,11+,14+/m1/s1. The maximum Gasteiger partial charge on any atom is 0.127 e. The van der Waals surface area contributed by atoms with Crippen LogP contribution in [0.4, 0.5) is 4.39 Å². The van der Waals surface area contributed by atoms with E-state index in [1.54, 1.807) is 12.1 Å². The lowest BCUT2D eigenvalue weighted by atomic mass is 9.74. The minimum Gasteiger partial charge on any atom is -0.380 e. The van der Waals surface area contributed by atoms with Gasteiger partial charge in [0.05, 0.1) is 13.2 Å². The van der Waals surface area contributed by atoms with E-state index in [4.69, 9.17) is 4.74 Å². The molecule has 1 nitrogen and oxygen atoms in total. The van der Waals surface area contributed by atoms with Crippen LogP contribution in [0.5, 0.6) is 0 Å². The first kappa shape index (κ1) is 10.3. The molecular formula is C14H17FO. The Balaban J connectivity index is 2.07. The zero-order valence-electron chi connectivity index (χ0n) is 9.58. The Morgan fingerprint density at radius 3 is 3.00 bits per heavy atom. The number of halogens is 1. The molecule has 3 rings (SSSR count). The van der Waals surface area contributed by atoms with Gasteiger partial charge in [-0.15, -0.1) is 0 Å². The van der Waals surface area contributed by atoms with E-state index in [9.17, 15) is 4.39 Å². The fourth-order valence-electron chi connectivity index (χ4n) is 3.64. The molecule has 2 aliphatic rings. The van der Waals surface area contributed by atoms with Gasteiger partial charge in [-0.2, -0.15) is 0 Å². The molecule has 0 radical (unpaired) electrons. The molecule has 2 heteroatoms. The highest BCUT2D eigenvalue weighted by Crippen LogP contribution is 2.52. The Morgan fingerprint density at radius 1 is 1.38 bits per heavy atom. The summed E-state index contributed by atoms with van der Waals surface area (Å²) in [5.41, 5.74) is 0.840. The van der Waals surface area contributed by atoms with Crippen molar-refractivity contribution in [2.45, 2.75) is 25.2 Å². The average molecular weight is 220 g/mol. The molecule has 1 aliphatic heterocycles. The van der Waals surface area contributed by atoms with Crippen LogP contribution in [0, 0.1) is 17.7 Å². The number of ether oxygens (including phenoxy) is 1. The Hall–Kier alpha value is -0.890. The lowest BCUT2D eigenvalue weighted by molar-refractivity contribution is 0.161. The van der Waals surface area contributed by atoms with Crippen molar-refractivity contribution < 1.29 is 9.13 Å². The van der Waals surface area contributed by atoms with Crippen molar-refractivity contribution in [1.29, 1.82) is 0 Å². The zero-order valence-corrected chi connectivity index (χ0v) is 9.58. The third-order valence-electron chi connectivity index (χ3n) is 4.27. The second-order valence-corrected chi connectivity index (χ2v) is 5.39. The predicted octanol–water partition coefficient (Wildman–Crippen LogP) is 3.14. The van der Waals surface area contributed by atoms with Crippen molar-refractivity contribution in [3.8, 4) is 0 Å². The van der Waals surface area contributed by atoms with E-state index in [1.165, 1.54) is 6.42 Å². The van der Waals surface area contributed by atoms with Crippen LogP contribution in [-0.2, 0) is 10.2 Å². The fourth-order valence-corrected chi connectivity index (χ4v) is 3.64. The van der Waals surface area contributed by atoms with Crippen LogP contribution >= 0.6 is 0 Å². The highest BCUT2D eigenvalue weighted by Gasteiger charge is 2.51. The summed E-state index contributed by atoms with van der Waals surface area (Å²) in [5, 5.41) is 0. The zero-order chi connectivity index (χ0) is 11.2. The number of hydrogen-bond donors (Lipinski definition) is 0. The normalized spacial score (nSPS) is 37.6. The Morgan fingerprint density at radius 2 is 2.19 bits per heavy atom. The van der Waals surface area contributed by atoms with Gasteiger partial charge >= 0.3 is 0 Å². The van der Waals surface area contributed by atoms with Gasteiger partial charge in [0.25, 0.3) is 0 Å². The van der Waals surface area contributed by atoms with Gasteiger partial charge < -0.3 is 4.74 Å². The molecule has 1 saturated carbocycles. The minimum atomic E-state index is -0.0629. The van der Waals surface area contributed by atoms with E-state index in [1.807, 2.05) is 12.1 Å². The summed E-state index contributed by atoms with van der Waals surface area (Å²) in [6.45, 7) is 3.77. The lowest BCUT2D eigenvalue weighted by Gasteiger charge is -2.28. The van der Waals surface area contributed by atoms with Crippen LogP contribution in [-0.4, -0.2) is 13.2 Å². The van der Waals surface area contributed by atoms with Crippen molar-refractivity contribution >= 4 is 0 Å². The van der Waals surface area contributed by atoms with E-state index < -0.39 is 0 Å². The van der Waals surface area contributed by atoms with Gasteiger partial charge in [-0.05, 0) is 36.3 Å². The largest absolute Gasteiger partial charge is 0.380 e. The summed E-state index contributed by atoms with van der Waals surface area (Å²) in [4.78, 5) is 0. The monoisotopic (exact) mass is 220 g/mol. The van der Waals surface area contributed by atoms with E-state index in [-0.39, 0.29) is 11.2 Å². The molecule has 1 aromatic carbocycles. The lowest BCUT2D eigenvalue weighted by Crippen LogP contribution is -2.30. The number of hydrogen-bond acceptors (Lipinski definition) is 1. The summed E-state index contributed by atoms with van der Waals surface area (Å²) < 4.78 is 19.6. The predicted molar refractivity (Wildman–Crippen MR) is 60.8 cm³/mol. The van der Waals surface area contributed by atoms with Crippen LogP contribution in [0.3, 0.4) is 0 Å². The molecule has 0 spiro atoms. The summed E-state index contributed by atoms with van der Waals surface area (Å²) >= 11 is 0. The van der Waals surface area contributed by atoms with Gasteiger partial charge in [0, 0.05) is 5.41 Å². The van der Waals surface area contributed by atoms with E-state index in [2.05, 4.69) is 6.92 Å². The van der Waals surface area contributed by atoms with Gasteiger partial charge in [0.15, 0.2) is 0 Å². The van der Waals surface area contributed by atoms with Crippen LogP contribution < -0.4 is 0 Å². The molecule has 1 heterocycles. The first-order chi connectivity index (χ1) is 7.72. The first-order valence-electron chi connectivity index (χ1n) is 6.05. The van der Waals surface area contributed by atoms with Gasteiger partial charge in [0.2, 0.25) is 0 Å². The topological polar surface area (TPSA) is 9.23 Å².